The number of hydrogen-bond acceptors (Lipinski definition) is 13. The van der Waals surface area contributed by atoms with Crippen molar-refractivity contribution >= 4 is 5.91 Å². The predicted octanol–water partition coefficient (Wildman–Crippen LogP) is 18.5. The van der Waals surface area contributed by atoms with E-state index in [1.165, 1.54) is 231 Å². The Labute approximate surface area is 598 Å². The third-order valence-corrected chi connectivity index (χ3v) is 19.3. The Morgan fingerprint density at radius 2 is 0.714 bits per heavy atom. The van der Waals surface area contributed by atoms with E-state index in [2.05, 4.69) is 104 Å². The lowest BCUT2D eigenvalue weighted by molar-refractivity contribution is -0.359. The summed E-state index contributed by atoms with van der Waals surface area (Å²) in [6, 6.07) is -0.938. The van der Waals surface area contributed by atoms with Gasteiger partial charge in [0.15, 0.2) is 12.6 Å². The van der Waals surface area contributed by atoms with Gasteiger partial charge in [-0.25, -0.2) is 0 Å². The van der Waals surface area contributed by atoms with E-state index in [0.717, 1.165) is 70.6 Å². The molecule has 2 saturated heterocycles. The molecule has 98 heavy (non-hydrogen) atoms. The molecular formula is C84H149NO13. The Kier molecular flexibility index (Phi) is 62.3. The zero-order valence-corrected chi connectivity index (χ0v) is 62.3. The fourth-order valence-corrected chi connectivity index (χ4v) is 12.9. The maximum Gasteiger partial charge on any atom is 0.220 e. The molecule has 2 aliphatic rings. The van der Waals surface area contributed by atoms with Gasteiger partial charge in [-0.15, -0.1) is 0 Å². The van der Waals surface area contributed by atoms with Gasteiger partial charge in [0.05, 0.1) is 32.0 Å². The van der Waals surface area contributed by atoms with E-state index in [-0.39, 0.29) is 18.9 Å². The molecule has 568 valence electrons. The minimum absolute atomic E-state index is 0.247. The number of hydrogen-bond donors (Lipinski definition) is 9. The average Bonchev–Trinajstić information content (AvgIpc) is 0.797. The third-order valence-electron chi connectivity index (χ3n) is 19.3. The lowest BCUT2D eigenvalue weighted by Crippen LogP contribution is -2.65. The summed E-state index contributed by atoms with van der Waals surface area (Å²) in [7, 11) is 0. The number of nitrogens with one attached hydrogen (secondary N) is 1. The number of unbranched alkanes of at least 4 members (excludes halogenated alkanes) is 40. The second-order valence-corrected chi connectivity index (χ2v) is 28.2. The van der Waals surface area contributed by atoms with E-state index in [4.69, 9.17) is 18.9 Å². The highest BCUT2D eigenvalue weighted by atomic mass is 16.7. The van der Waals surface area contributed by atoms with Gasteiger partial charge in [-0.1, -0.05) is 342 Å². The van der Waals surface area contributed by atoms with Crippen molar-refractivity contribution in [2.45, 2.75) is 408 Å². The highest BCUT2D eigenvalue weighted by Crippen LogP contribution is 2.30. The van der Waals surface area contributed by atoms with Crippen molar-refractivity contribution in [2.24, 2.45) is 0 Å². The summed E-state index contributed by atoms with van der Waals surface area (Å²) >= 11 is 0. The van der Waals surface area contributed by atoms with E-state index in [1.54, 1.807) is 6.08 Å². The van der Waals surface area contributed by atoms with Crippen LogP contribution in [0.5, 0.6) is 0 Å². The zero-order chi connectivity index (χ0) is 70.8. The summed E-state index contributed by atoms with van der Waals surface area (Å²) in [5.74, 6) is -0.247. The number of allylic oxidation sites excluding steroid dienone is 15. The molecule has 14 nitrogen and oxygen atoms in total. The summed E-state index contributed by atoms with van der Waals surface area (Å²) in [5, 5.41) is 87.7. The number of ether oxygens (including phenoxy) is 4. The minimum atomic E-state index is -1.80. The fourth-order valence-electron chi connectivity index (χ4n) is 12.9. The molecule has 12 atom stereocenters. The van der Waals surface area contributed by atoms with E-state index in [1.807, 2.05) is 6.08 Å². The van der Waals surface area contributed by atoms with Crippen molar-refractivity contribution < 1.29 is 64.6 Å². The Balaban J connectivity index is 1.63. The number of carbonyl (C=O) groups excluding carboxylic acids is 1. The smallest absolute Gasteiger partial charge is 0.220 e. The van der Waals surface area contributed by atoms with E-state index >= 15 is 0 Å². The van der Waals surface area contributed by atoms with Crippen LogP contribution in [-0.4, -0.2) is 140 Å². The number of amides is 1. The van der Waals surface area contributed by atoms with Crippen molar-refractivity contribution in [1.29, 1.82) is 0 Å². The highest BCUT2D eigenvalue weighted by molar-refractivity contribution is 5.76. The van der Waals surface area contributed by atoms with Crippen LogP contribution in [0, 0.1) is 0 Å². The monoisotopic (exact) mass is 1380 g/mol. The van der Waals surface area contributed by atoms with Crippen LogP contribution in [0.3, 0.4) is 0 Å². The van der Waals surface area contributed by atoms with E-state index < -0.39 is 86.8 Å². The molecule has 2 rings (SSSR count). The maximum atomic E-state index is 13.4. The van der Waals surface area contributed by atoms with Gasteiger partial charge in [-0.05, 0) is 83.5 Å². The van der Waals surface area contributed by atoms with Gasteiger partial charge >= 0.3 is 0 Å². The first-order chi connectivity index (χ1) is 48.1. The van der Waals surface area contributed by atoms with Crippen LogP contribution >= 0.6 is 0 Å². The number of aliphatic hydroxyl groups is 8. The maximum absolute atomic E-state index is 13.4. The van der Waals surface area contributed by atoms with Gasteiger partial charge in [-0.3, -0.25) is 4.79 Å². The molecule has 0 aromatic rings. The Morgan fingerprint density at radius 1 is 0.378 bits per heavy atom. The molecule has 0 aliphatic carbocycles. The molecule has 2 heterocycles. The van der Waals surface area contributed by atoms with Crippen LogP contribution < -0.4 is 5.32 Å². The van der Waals surface area contributed by atoms with Gasteiger partial charge in [0.2, 0.25) is 5.91 Å². The van der Waals surface area contributed by atoms with Crippen LogP contribution in [0.25, 0.3) is 0 Å². The molecule has 0 saturated carbocycles. The zero-order valence-electron chi connectivity index (χ0n) is 62.3. The van der Waals surface area contributed by atoms with Crippen molar-refractivity contribution in [3.05, 3.63) is 97.2 Å². The number of aliphatic hydroxyl groups excluding tert-OH is 8. The Morgan fingerprint density at radius 3 is 1.12 bits per heavy atom. The summed E-state index contributed by atoms with van der Waals surface area (Å²) in [6.45, 7) is 2.71. The molecule has 0 bridgehead atoms. The normalized spacial score (nSPS) is 22.6. The minimum Gasteiger partial charge on any atom is -0.394 e. The van der Waals surface area contributed by atoms with Gasteiger partial charge in [0, 0.05) is 6.42 Å². The standard InChI is InChI=1S/C84H149NO13/c1-3-5-7-9-11-13-15-17-19-21-23-25-27-29-31-33-34-35-36-37-38-40-42-44-46-48-50-52-54-56-58-60-62-64-66-68-76(89)85-72(71-95-83-81(94)79(92)82(75(70-87)97-83)98-84-80(93)78(91)77(90)74(69-86)96-84)73(88)67-65-63-61-59-57-55-53-51-49-47-45-43-41-39-32-30-28-26-24-22-20-18-16-14-12-10-8-6-4-2/h5,7,11,13,17,19,23,25,29,31,34-35,57,59,65,67,72-75,77-84,86-88,90-94H,3-4,6,8-10,12,14-16,18,20-22,24,26-28,30,32-33,36-56,58,60-64,66,68-71H2,1-2H3,(H,85,89)/b7-5-,13-11-,19-17-,25-23-,31-29-,35-34-,59-57+,67-65+. The summed E-state index contributed by atoms with van der Waals surface area (Å²) < 4.78 is 22.9. The van der Waals surface area contributed by atoms with E-state index in [0.29, 0.717) is 12.8 Å². The molecule has 0 aromatic carbocycles. The average molecular weight is 1380 g/mol. The van der Waals surface area contributed by atoms with E-state index in [9.17, 15) is 45.6 Å². The second-order valence-electron chi connectivity index (χ2n) is 28.2. The van der Waals surface area contributed by atoms with Crippen molar-refractivity contribution in [2.75, 3.05) is 19.8 Å². The van der Waals surface area contributed by atoms with Crippen LogP contribution in [0.15, 0.2) is 97.2 Å². The molecule has 2 aliphatic heterocycles. The Hall–Kier alpha value is -3.09. The van der Waals surface area contributed by atoms with Crippen LogP contribution in [0.1, 0.15) is 335 Å². The highest BCUT2D eigenvalue weighted by Gasteiger charge is 2.51. The molecule has 1 amide bonds. The van der Waals surface area contributed by atoms with Gasteiger partial charge in [0.25, 0.3) is 0 Å². The first kappa shape index (κ1) is 91.0. The molecule has 0 radical (unpaired) electrons. The van der Waals surface area contributed by atoms with Crippen LogP contribution in [0.4, 0.5) is 0 Å². The topological polar surface area (TPSA) is 228 Å². The second kappa shape index (κ2) is 67.1. The quantitative estimate of drug-likeness (QED) is 0.0204. The first-order valence-electron chi connectivity index (χ1n) is 40.5. The molecule has 14 heteroatoms. The lowest BCUT2D eigenvalue weighted by Gasteiger charge is -2.46. The third kappa shape index (κ3) is 49.5. The van der Waals surface area contributed by atoms with Gasteiger partial charge < -0.3 is 65.1 Å². The number of carbonyl (C=O) groups is 1. The first-order valence-corrected chi connectivity index (χ1v) is 40.5. The van der Waals surface area contributed by atoms with Crippen molar-refractivity contribution in [3.8, 4) is 0 Å². The summed E-state index contributed by atoms with van der Waals surface area (Å²) in [5.41, 5.74) is 0. The predicted molar refractivity (Wildman–Crippen MR) is 406 cm³/mol. The number of rotatable bonds is 67. The SMILES string of the molecule is CC/C=C\C/C=C\C/C=C\C/C=C\C/C=C\C/C=C\CCCCCCCCCCCCCCCCCCC(=O)NC(COC1OC(CO)C(OC2OC(CO)C(O)C(O)C2O)C(O)C1O)C(O)/C=C/CC/C=C/CCCCCCCCCCCCCCCCCCCCCCCCC. The lowest BCUT2D eigenvalue weighted by atomic mass is 9.97. The molecule has 9 N–H and O–H groups in total. The van der Waals surface area contributed by atoms with Gasteiger partial charge in [-0.2, -0.15) is 0 Å². The Bertz CT molecular complexity index is 2020. The summed E-state index contributed by atoms with van der Waals surface area (Å²) in [6.07, 6.45) is 79.2. The fraction of sp³-hybridized carbons (Fsp3) is 0.798. The summed E-state index contributed by atoms with van der Waals surface area (Å²) in [4.78, 5) is 13.4. The van der Waals surface area contributed by atoms with Gasteiger partial charge in [0.1, 0.15) is 48.8 Å². The van der Waals surface area contributed by atoms with Crippen molar-refractivity contribution in [3.63, 3.8) is 0 Å². The largest absolute Gasteiger partial charge is 0.394 e. The molecule has 12 unspecified atom stereocenters. The van der Waals surface area contributed by atoms with Crippen LogP contribution in [0.2, 0.25) is 0 Å². The van der Waals surface area contributed by atoms with Crippen LogP contribution in [-0.2, 0) is 23.7 Å². The molecule has 0 aromatic heterocycles. The molecule has 0 spiro atoms. The molecule has 2 fully saturated rings. The van der Waals surface area contributed by atoms with Crippen molar-refractivity contribution in [1.82, 2.24) is 5.32 Å². The molecular weight excluding hydrogens is 1230 g/mol.